The van der Waals surface area contributed by atoms with Gasteiger partial charge in [0.25, 0.3) is 6.08 Å². The van der Waals surface area contributed by atoms with Crippen LogP contribution in [0.25, 0.3) is 10.4 Å². The van der Waals surface area contributed by atoms with Gasteiger partial charge in [-0.25, -0.2) is 14.9 Å². The minimum atomic E-state index is -1.83. The fourth-order valence-electron chi connectivity index (χ4n) is 3.31. The van der Waals surface area contributed by atoms with Crippen LogP contribution in [0, 0.1) is 0 Å². The lowest BCUT2D eigenvalue weighted by Gasteiger charge is -2.17. The van der Waals surface area contributed by atoms with E-state index in [0.717, 1.165) is 40.5 Å². The lowest BCUT2D eigenvalue weighted by Crippen LogP contribution is -2.20. The second kappa shape index (κ2) is 8.26. The molecular weight excluding hydrogens is 398 g/mol. The number of aromatic amines is 1. The molecule has 0 unspecified atom stereocenters. The Morgan fingerprint density at radius 3 is 3.00 bits per heavy atom. The molecule has 1 aliphatic heterocycles. The molecule has 0 atom stereocenters. The minimum Gasteiger partial charge on any atom is -0.370 e. The van der Waals surface area contributed by atoms with E-state index in [2.05, 4.69) is 26.6 Å². The molecule has 10 heteroatoms. The lowest BCUT2D eigenvalue weighted by molar-refractivity contribution is 0.407. The van der Waals surface area contributed by atoms with Gasteiger partial charge in [-0.2, -0.15) is 13.9 Å². The standard InChI is InChI=1S/C19H20F2N6OS/c20-17(21)12(8-22)7-16-25-26-19(28)27(16)10-14-3-4-15(29-14)13-6-11-2-1-5-23-18(11)24-9-13/h3-4,6,9H,1-2,5,7-8,10,22H2,(H,23,24)(H,26,28). The van der Waals surface area contributed by atoms with Crippen molar-refractivity contribution in [2.45, 2.75) is 25.8 Å². The summed E-state index contributed by atoms with van der Waals surface area (Å²) in [6.07, 6.45) is 1.92. The Morgan fingerprint density at radius 1 is 1.34 bits per heavy atom. The third-order valence-electron chi connectivity index (χ3n) is 4.86. The summed E-state index contributed by atoms with van der Waals surface area (Å²) in [4.78, 5) is 18.6. The molecule has 0 amide bonds. The molecule has 0 saturated heterocycles. The van der Waals surface area contributed by atoms with Crippen LogP contribution in [0.5, 0.6) is 0 Å². The maximum absolute atomic E-state index is 12.9. The van der Waals surface area contributed by atoms with Crippen LogP contribution in [0.4, 0.5) is 14.6 Å². The Balaban J connectivity index is 1.57. The van der Waals surface area contributed by atoms with Crippen LogP contribution in [0.1, 0.15) is 22.7 Å². The number of hydrogen-bond acceptors (Lipinski definition) is 6. The summed E-state index contributed by atoms with van der Waals surface area (Å²) in [5.74, 6) is 1.18. The van der Waals surface area contributed by atoms with Crippen LogP contribution < -0.4 is 16.7 Å². The first-order valence-corrected chi connectivity index (χ1v) is 10.1. The molecule has 0 radical (unpaired) electrons. The number of rotatable bonds is 6. The van der Waals surface area contributed by atoms with Gasteiger partial charge < -0.3 is 11.1 Å². The molecule has 7 nitrogen and oxygen atoms in total. The normalized spacial score (nSPS) is 13.1. The Morgan fingerprint density at radius 2 is 2.21 bits per heavy atom. The number of nitrogens with two attached hydrogens (primary N) is 1. The van der Waals surface area contributed by atoms with Gasteiger partial charge in [0.1, 0.15) is 11.6 Å². The molecule has 0 fully saturated rings. The van der Waals surface area contributed by atoms with Gasteiger partial charge in [0.05, 0.1) is 6.54 Å². The third kappa shape index (κ3) is 4.13. The molecule has 0 aromatic carbocycles. The second-order valence-corrected chi connectivity index (χ2v) is 7.97. The highest BCUT2D eigenvalue weighted by molar-refractivity contribution is 7.15. The van der Waals surface area contributed by atoms with Gasteiger partial charge in [0.2, 0.25) is 0 Å². The first-order chi connectivity index (χ1) is 14.0. The number of nitrogens with zero attached hydrogens (tertiary/aromatic N) is 3. The summed E-state index contributed by atoms with van der Waals surface area (Å²) < 4.78 is 27.2. The summed E-state index contributed by atoms with van der Waals surface area (Å²) >= 11 is 1.54. The second-order valence-electron chi connectivity index (χ2n) is 6.80. The highest BCUT2D eigenvalue weighted by Gasteiger charge is 2.16. The average molecular weight is 418 g/mol. The zero-order chi connectivity index (χ0) is 20.4. The number of nitrogens with one attached hydrogen (secondary N) is 2. The van der Waals surface area contributed by atoms with Crippen molar-refractivity contribution >= 4 is 17.2 Å². The Bertz CT molecular complexity index is 1110. The number of hydrogen-bond donors (Lipinski definition) is 3. The Kier molecular flexibility index (Phi) is 5.54. The molecule has 4 N–H and O–H groups in total. The molecule has 1 aliphatic rings. The van der Waals surface area contributed by atoms with Crippen LogP contribution in [-0.2, 0) is 19.4 Å². The van der Waals surface area contributed by atoms with Crippen molar-refractivity contribution < 1.29 is 8.78 Å². The first kappa shape index (κ1) is 19.5. The molecule has 0 spiro atoms. The molecule has 0 saturated carbocycles. The molecule has 3 aromatic rings. The minimum absolute atomic E-state index is 0.169. The molecule has 0 bridgehead atoms. The molecule has 4 heterocycles. The topological polar surface area (TPSA) is 102 Å². The van der Waals surface area contributed by atoms with E-state index in [0.29, 0.717) is 0 Å². The zero-order valence-electron chi connectivity index (χ0n) is 15.5. The first-order valence-electron chi connectivity index (χ1n) is 9.24. The average Bonchev–Trinajstić information content (AvgIpc) is 3.33. The highest BCUT2D eigenvalue weighted by atomic mass is 32.1. The molecule has 4 rings (SSSR count). The number of anilines is 1. The van der Waals surface area contributed by atoms with Gasteiger partial charge in [-0.3, -0.25) is 4.57 Å². The number of halogens is 2. The van der Waals surface area contributed by atoms with Crippen LogP contribution >= 0.6 is 11.3 Å². The predicted molar refractivity (Wildman–Crippen MR) is 108 cm³/mol. The monoisotopic (exact) mass is 418 g/mol. The van der Waals surface area contributed by atoms with Crippen molar-refractivity contribution in [3.63, 3.8) is 0 Å². The smallest absolute Gasteiger partial charge is 0.343 e. The third-order valence-corrected chi connectivity index (χ3v) is 5.98. The summed E-state index contributed by atoms with van der Waals surface area (Å²) in [7, 11) is 0. The van der Waals surface area contributed by atoms with Crippen molar-refractivity contribution in [2.75, 3.05) is 18.4 Å². The zero-order valence-corrected chi connectivity index (χ0v) is 16.4. The van der Waals surface area contributed by atoms with E-state index < -0.39 is 11.8 Å². The van der Waals surface area contributed by atoms with Crippen molar-refractivity contribution in [2.24, 2.45) is 5.73 Å². The van der Waals surface area contributed by atoms with Gasteiger partial charge in [-0.05, 0) is 36.6 Å². The molecule has 152 valence electrons. The lowest BCUT2D eigenvalue weighted by atomic mass is 10.0. The largest absolute Gasteiger partial charge is 0.370 e. The van der Waals surface area contributed by atoms with Gasteiger partial charge in [0, 0.05) is 46.6 Å². The quantitative estimate of drug-likeness (QED) is 0.571. The number of pyridine rings is 1. The Labute approximate surface area is 169 Å². The van der Waals surface area contributed by atoms with Crippen LogP contribution in [-0.4, -0.2) is 32.8 Å². The van der Waals surface area contributed by atoms with E-state index in [1.165, 1.54) is 21.5 Å². The summed E-state index contributed by atoms with van der Waals surface area (Å²) in [6, 6.07) is 6.05. The van der Waals surface area contributed by atoms with Crippen LogP contribution in [0.3, 0.4) is 0 Å². The fraction of sp³-hybridized carbons (Fsp3) is 0.316. The summed E-state index contributed by atoms with van der Waals surface area (Å²) in [6.45, 7) is 0.908. The number of H-pyrrole nitrogens is 1. The van der Waals surface area contributed by atoms with Crippen molar-refractivity contribution in [1.29, 1.82) is 0 Å². The van der Waals surface area contributed by atoms with Crippen molar-refractivity contribution in [3.8, 4) is 10.4 Å². The van der Waals surface area contributed by atoms with Gasteiger partial charge in [-0.15, -0.1) is 11.3 Å². The molecule has 29 heavy (non-hydrogen) atoms. The number of thiophene rings is 1. The maximum Gasteiger partial charge on any atom is 0.343 e. The van der Waals surface area contributed by atoms with Crippen LogP contribution in [0.15, 0.2) is 40.8 Å². The summed E-state index contributed by atoms with van der Waals surface area (Å²) in [5.41, 5.74) is 6.93. The molecular formula is C19H20F2N6OS. The van der Waals surface area contributed by atoms with Gasteiger partial charge in [0.15, 0.2) is 0 Å². The van der Waals surface area contributed by atoms with Crippen LogP contribution in [0.2, 0.25) is 0 Å². The maximum atomic E-state index is 12.9. The Hall–Kier alpha value is -2.85. The van der Waals surface area contributed by atoms with Gasteiger partial charge >= 0.3 is 5.69 Å². The highest BCUT2D eigenvalue weighted by Crippen LogP contribution is 2.31. The van der Waals surface area contributed by atoms with Crippen molar-refractivity contribution in [1.82, 2.24) is 19.7 Å². The van der Waals surface area contributed by atoms with Crippen molar-refractivity contribution in [3.05, 3.63) is 62.8 Å². The van der Waals surface area contributed by atoms with E-state index in [1.807, 2.05) is 18.3 Å². The SMILES string of the molecule is NCC(Cc1n[nH]c(=O)n1Cc1ccc(-c2cnc3c(c2)CCCN3)s1)=C(F)F. The predicted octanol–water partition coefficient (Wildman–Crippen LogP) is 2.75. The fourth-order valence-corrected chi connectivity index (χ4v) is 4.29. The summed E-state index contributed by atoms with van der Waals surface area (Å²) in [5, 5.41) is 9.52. The molecule has 3 aromatic heterocycles. The van der Waals surface area contributed by atoms with E-state index in [4.69, 9.17) is 5.73 Å². The van der Waals surface area contributed by atoms with E-state index in [-0.39, 0.29) is 30.9 Å². The van der Waals surface area contributed by atoms with E-state index in [1.54, 1.807) is 0 Å². The molecule has 0 aliphatic carbocycles. The number of aryl methyl sites for hydroxylation is 1. The van der Waals surface area contributed by atoms with Gasteiger partial charge in [-0.1, -0.05) is 0 Å². The van der Waals surface area contributed by atoms with E-state index in [9.17, 15) is 13.6 Å². The number of fused-ring (bicyclic) bond motifs is 1. The number of aromatic nitrogens is 4. The van der Waals surface area contributed by atoms with E-state index >= 15 is 0 Å².